The number of hydrogen-bond acceptors (Lipinski definition) is 4. The molecule has 1 amide bonds. The van der Waals surface area contributed by atoms with Crippen molar-refractivity contribution in [2.45, 2.75) is 4.90 Å². The fraction of sp³-hybridized carbons (Fsp3) is 0. The van der Waals surface area contributed by atoms with Crippen LogP contribution in [0.25, 0.3) is 22.4 Å². The van der Waals surface area contributed by atoms with Gasteiger partial charge in [-0.2, -0.15) is 9.78 Å². The van der Waals surface area contributed by atoms with Crippen LogP contribution < -0.4 is 10.9 Å². The van der Waals surface area contributed by atoms with E-state index in [2.05, 4.69) is 5.10 Å². The summed E-state index contributed by atoms with van der Waals surface area (Å²) in [4.78, 5) is 11.5. The first-order chi connectivity index (χ1) is 11.8. The van der Waals surface area contributed by atoms with Gasteiger partial charge in [-0.25, -0.2) is 18.4 Å². The van der Waals surface area contributed by atoms with Crippen LogP contribution in [-0.2, 0) is 10.0 Å². The minimum atomic E-state index is -3.79. The minimum Gasteiger partial charge on any atom is -0.350 e. The highest BCUT2D eigenvalue weighted by atomic mass is 35.5. The molecule has 3 rings (SSSR count). The molecule has 7 nitrogen and oxygen atoms in total. The number of halogens is 1. The standard InChI is InChI=1S/C16H13ClN4O3S/c17-12-5-1-10(2-6-12)14-9-21(16(18)22)20-15(14)11-3-7-13(8-4-11)25(19,23)24/h1-9H,(H2,18,22)(H2,19,23,24). The summed E-state index contributed by atoms with van der Waals surface area (Å²) in [5.41, 5.74) is 7.82. The average molecular weight is 377 g/mol. The van der Waals surface area contributed by atoms with Crippen LogP contribution in [-0.4, -0.2) is 24.2 Å². The summed E-state index contributed by atoms with van der Waals surface area (Å²) in [5, 5.41) is 9.88. The summed E-state index contributed by atoms with van der Waals surface area (Å²) < 4.78 is 23.8. The summed E-state index contributed by atoms with van der Waals surface area (Å²) >= 11 is 5.91. The average Bonchev–Trinajstić information content (AvgIpc) is 3.00. The lowest BCUT2D eigenvalue weighted by atomic mass is 10.0. The van der Waals surface area contributed by atoms with Gasteiger partial charge >= 0.3 is 6.03 Å². The molecule has 0 spiro atoms. The van der Waals surface area contributed by atoms with E-state index in [1.165, 1.54) is 18.3 Å². The molecule has 3 aromatic rings. The number of primary amides is 1. The van der Waals surface area contributed by atoms with Gasteiger partial charge in [-0.05, 0) is 29.8 Å². The van der Waals surface area contributed by atoms with Crippen molar-refractivity contribution in [1.29, 1.82) is 0 Å². The Kier molecular flexibility index (Phi) is 4.34. The van der Waals surface area contributed by atoms with Gasteiger partial charge in [0.05, 0.1) is 4.90 Å². The maximum Gasteiger partial charge on any atom is 0.339 e. The zero-order valence-corrected chi connectivity index (χ0v) is 14.3. The van der Waals surface area contributed by atoms with E-state index < -0.39 is 16.1 Å². The van der Waals surface area contributed by atoms with Gasteiger partial charge in [0.25, 0.3) is 0 Å². The van der Waals surface area contributed by atoms with Crippen LogP contribution in [0.2, 0.25) is 5.02 Å². The second kappa shape index (κ2) is 6.32. The number of nitrogens with two attached hydrogens (primary N) is 2. The van der Waals surface area contributed by atoms with E-state index in [9.17, 15) is 13.2 Å². The van der Waals surface area contributed by atoms with E-state index in [1.54, 1.807) is 36.4 Å². The van der Waals surface area contributed by atoms with Crippen LogP contribution in [0.1, 0.15) is 0 Å². The summed E-state index contributed by atoms with van der Waals surface area (Å²) in [5.74, 6) is 0. The van der Waals surface area contributed by atoms with E-state index in [4.69, 9.17) is 22.5 Å². The first-order valence-electron chi connectivity index (χ1n) is 7.04. The van der Waals surface area contributed by atoms with Crippen LogP contribution in [0.3, 0.4) is 0 Å². The van der Waals surface area contributed by atoms with Crippen molar-refractivity contribution in [3.05, 3.63) is 59.8 Å². The number of amides is 1. The number of primary sulfonamides is 1. The van der Waals surface area contributed by atoms with E-state index in [1.807, 2.05) is 0 Å². The molecule has 2 aromatic carbocycles. The molecular weight excluding hydrogens is 364 g/mol. The molecule has 0 unspecified atom stereocenters. The largest absolute Gasteiger partial charge is 0.350 e. The maximum absolute atomic E-state index is 11.5. The van der Waals surface area contributed by atoms with Crippen molar-refractivity contribution in [2.75, 3.05) is 0 Å². The van der Waals surface area contributed by atoms with Crippen molar-refractivity contribution >= 4 is 27.7 Å². The lowest BCUT2D eigenvalue weighted by Crippen LogP contribution is -2.19. The van der Waals surface area contributed by atoms with Crippen molar-refractivity contribution in [2.24, 2.45) is 10.9 Å². The second-order valence-corrected chi connectivity index (χ2v) is 7.25. The Hall–Kier alpha value is -2.68. The molecule has 0 aliphatic heterocycles. The number of aromatic nitrogens is 2. The number of carbonyl (C=O) groups is 1. The maximum atomic E-state index is 11.5. The number of benzene rings is 2. The molecule has 128 valence electrons. The van der Waals surface area contributed by atoms with Gasteiger partial charge in [0.2, 0.25) is 10.0 Å². The Morgan fingerprint density at radius 2 is 1.56 bits per heavy atom. The quantitative estimate of drug-likeness (QED) is 0.728. The third kappa shape index (κ3) is 3.55. The lowest BCUT2D eigenvalue weighted by Gasteiger charge is -2.04. The van der Waals surface area contributed by atoms with Crippen LogP contribution in [0, 0.1) is 0 Å². The summed E-state index contributed by atoms with van der Waals surface area (Å²) in [6.45, 7) is 0. The van der Waals surface area contributed by atoms with Crippen LogP contribution in [0.15, 0.2) is 59.6 Å². The van der Waals surface area contributed by atoms with E-state index in [0.717, 1.165) is 10.2 Å². The predicted molar refractivity (Wildman–Crippen MR) is 94.5 cm³/mol. The number of hydrogen-bond donors (Lipinski definition) is 2. The third-order valence-electron chi connectivity index (χ3n) is 3.55. The normalized spacial score (nSPS) is 11.4. The van der Waals surface area contributed by atoms with Gasteiger partial charge in [-0.3, -0.25) is 0 Å². The van der Waals surface area contributed by atoms with E-state index >= 15 is 0 Å². The summed E-state index contributed by atoms with van der Waals surface area (Å²) in [7, 11) is -3.79. The van der Waals surface area contributed by atoms with E-state index in [-0.39, 0.29) is 4.90 Å². The highest BCUT2D eigenvalue weighted by molar-refractivity contribution is 7.89. The van der Waals surface area contributed by atoms with Gasteiger partial charge in [0, 0.05) is 22.3 Å². The fourth-order valence-corrected chi connectivity index (χ4v) is 2.98. The Bertz CT molecular complexity index is 1040. The summed E-state index contributed by atoms with van der Waals surface area (Å²) in [6, 6.07) is 12.1. The van der Waals surface area contributed by atoms with Crippen molar-refractivity contribution in [3.8, 4) is 22.4 Å². The third-order valence-corrected chi connectivity index (χ3v) is 4.73. The molecule has 1 aromatic heterocycles. The van der Waals surface area contributed by atoms with Crippen molar-refractivity contribution in [1.82, 2.24) is 9.78 Å². The smallest absolute Gasteiger partial charge is 0.339 e. The van der Waals surface area contributed by atoms with E-state index in [0.29, 0.717) is 21.8 Å². The van der Waals surface area contributed by atoms with Gasteiger partial charge in [-0.1, -0.05) is 35.9 Å². The molecule has 0 atom stereocenters. The molecule has 0 bridgehead atoms. The van der Waals surface area contributed by atoms with Crippen LogP contribution in [0.4, 0.5) is 4.79 Å². The molecule has 0 saturated carbocycles. The molecule has 0 fully saturated rings. The fourth-order valence-electron chi connectivity index (χ4n) is 2.34. The SMILES string of the molecule is NC(=O)n1cc(-c2ccc(Cl)cc2)c(-c2ccc(S(N)(=O)=O)cc2)n1. The Morgan fingerprint density at radius 1 is 1.00 bits per heavy atom. The molecule has 4 N–H and O–H groups in total. The second-order valence-electron chi connectivity index (χ2n) is 5.25. The molecule has 1 heterocycles. The van der Waals surface area contributed by atoms with Crippen molar-refractivity contribution < 1.29 is 13.2 Å². The van der Waals surface area contributed by atoms with Gasteiger partial charge < -0.3 is 5.73 Å². The number of sulfonamides is 1. The predicted octanol–water partition coefficient (Wildman–Crippen LogP) is 2.44. The Morgan fingerprint density at radius 3 is 2.08 bits per heavy atom. The molecule has 0 radical (unpaired) electrons. The van der Waals surface area contributed by atoms with Gasteiger partial charge in [-0.15, -0.1) is 0 Å². The summed E-state index contributed by atoms with van der Waals surface area (Å²) in [6.07, 6.45) is 1.51. The topological polar surface area (TPSA) is 121 Å². The van der Waals surface area contributed by atoms with Gasteiger partial charge in [0.15, 0.2) is 0 Å². The lowest BCUT2D eigenvalue weighted by molar-refractivity contribution is 0.248. The number of rotatable bonds is 3. The molecular formula is C16H13ClN4O3S. The highest BCUT2D eigenvalue weighted by Gasteiger charge is 2.16. The zero-order valence-electron chi connectivity index (χ0n) is 12.8. The first-order valence-corrected chi connectivity index (χ1v) is 8.97. The highest BCUT2D eigenvalue weighted by Crippen LogP contribution is 2.32. The van der Waals surface area contributed by atoms with Gasteiger partial charge in [0.1, 0.15) is 5.69 Å². The first kappa shape index (κ1) is 17.2. The molecule has 0 aliphatic carbocycles. The minimum absolute atomic E-state index is 0.0152. The molecule has 0 saturated heterocycles. The zero-order chi connectivity index (χ0) is 18.2. The Balaban J connectivity index is 2.14. The Labute approximate surface area is 148 Å². The molecule has 25 heavy (non-hydrogen) atoms. The molecule has 9 heteroatoms. The molecule has 0 aliphatic rings. The van der Waals surface area contributed by atoms with Crippen LogP contribution in [0.5, 0.6) is 0 Å². The number of carbonyl (C=O) groups excluding carboxylic acids is 1. The van der Waals surface area contributed by atoms with Crippen LogP contribution >= 0.6 is 11.6 Å². The van der Waals surface area contributed by atoms with Crippen molar-refractivity contribution in [3.63, 3.8) is 0 Å². The number of nitrogens with zero attached hydrogens (tertiary/aromatic N) is 2. The monoisotopic (exact) mass is 376 g/mol.